The van der Waals surface area contributed by atoms with Crippen molar-refractivity contribution >= 4 is 11.8 Å². The van der Waals surface area contributed by atoms with Crippen LogP contribution in [0.15, 0.2) is 0 Å². The van der Waals surface area contributed by atoms with E-state index in [2.05, 4.69) is 11.4 Å². The third kappa shape index (κ3) is 4.79. The van der Waals surface area contributed by atoms with Crippen molar-refractivity contribution in [1.82, 2.24) is 5.32 Å². The molecule has 2 fully saturated rings. The van der Waals surface area contributed by atoms with Gasteiger partial charge in [-0.2, -0.15) is 17.0 Å². The Morgan fingerprint density at radius 3 is 2.89 bits per heavy atom. The van der Waals surface area contributed by atoms with E-state index in [0.29, 0.717) is 12.1 Å². The van der Waals surface area contributed by atoms with Gasteiger partial charge >= 0.3 is 0 Å². The van der Waals surface area contributed by atoms with E-state index < -0.39 is 0 Å². The van der Waals surface area contributed by atoms with Gasteiger partial charge in [0.1, 0.15) is 5.54 Å². The Bertz CT molecular complexity index is 295. The maximum atomic E-state index is 9.25. The molecule has 1 heterocycles. The molecule has 18 heavy (non-hydrogen) atoms. The summed E-state index contributed by atoms with van der Waals surface area (Å²) in [4.78, 5) is 0. The molecule has 2 aliphatic rings. The van der Waals surface area contributed by atoms with Gasteiger partial charge in [-0.15, -0.1) is 0 Å². The second-order valence-electron chi connectivity index (χ2n) is 5.68. The molecule has 3 nitrogen and oxygen atoms in total. The van der Waals surface area contributed by atoms with Gasteiger partial charge in [-0.1, -0.05) is 0 Å². The minimum atomic E-state index is -0.314. The summed E-state index contributed by atoms with van der Waals surface area (Å²) < 4.78 is 5.60. The molecule has 0 aromatic heterocycles. The Kier molecular flexibility index (Phi) is 5.35. The van der Waals surface area contributed by atoms with Crippen LogP contribution in [0.5, 0.6) is 0 Å². The van der Waals surface area contributed by atoms with Crippen LogP contribution in [0.1, 0.15) is 45.4 Å². The number of hydrogen-bond donors (Lipinski definition) is 1. The van der Waals surface area contributed by atoms with E-state index >= 15 is 0 Å². The number of nitrogens with zero attached hydrogens (tertiary/aromatic N) is 1. The number of thioether (sulfide) groups is 1. The van der Waals surface area contributed by atoms with Crippen LogP contribution in [-0.4, -0.2) is 35.8 Å². The predicted molar refractivity (Wildman–Crippen MR) is 75.7 cm³/mol. The van der Waals surface area contributed by atoms with Crippen LogP contribution in [-0.2, 0) is 4.74 Å². The first-order valence-corrected chi connectivity index (χ1v) is 8.26. The molecule has 0 amide bonds. The lowest BCUT2D eigenvalue weighted by atomic mass is 9.98. The average molecular weight is 268 g/mol. The van der Waals surface area contributed by atoms with E-state index in [9.17, 15) is 5.26 Å². The lowest BCUT2D eigenvalue weighted by Gasteiger charge is -2.23. The maximum Gasteiger partial charge on any atom is 0.104 e. The number of nitriles is 1. The minimum Gasteiger partial charge on any atom is -0.377 e. The molecule has 1 aliphatic carbocycles. The zero-order valence-corrected chi connectivity index (χ0v) is 12.1. The first kappa shape index (κ1) is 14.2. The van der Waals surface area contributed by atoms with E-state index in [0.717, 1.165) is 31.0 Å². The molecular weight excluding hydrogens is 244 g/mol. The smallest absolute Gasteiger partial charge is 0.104 e. The summed E-state index contributed by atoms with van der Waals surface area (Å²) in [6, 6.07) is 3.04. The Morgan fingerprint density at radius 2 is 2.28 bits per heavy atom. The largest absolute Gasteiger partial charge is 0.377 e. The molecular formula is C14H24N2OS. The van der Waals surface area contributed by atoms with E-state index in [1.165, 1.54) is 25.7 Å². The summed E-state index contributed by atoms with van der Waals surface area (Å²) in [6.07, 6.45) is 7.49. The van der Waals surface area contributed by atoms with Crippen LogP contribution in [0.4, 0.5) is 0 Å². The average Bonchev–Trinajstić information content (AvgIpc) is 3.01. The highest BCUT2D eigenvalue weighted by molar-refractivity contribution is 7.99. The summed E-state index contributed by atoms with van der Waals surface area (Å²) in [7, 11) is 0. The van der Waals surface area contributed by atoms with Crippen LogP contribution in [0.3, 0.4) is 0 Å². The molecule has 0 aromatic carbocycles. The number of nitrogens with one attached hydrogen (secondary N) is 1. The van der Waals surface area contributed by atoms with Gasteiger partial charge in [0.25, 0.3) is 0 Å². The van der Waals surface area contributed by atoms with Crippen molar-refractivity contribution in [3.05, 3.63) is 0 Å². The molecule has 1 aliphatic heterocycles. The molecule has 1 N–H and O–H groups in total. The summed E-state index contributed by atoms with van der Waals surface area (Å²) in [6.45, 7) is 2.99. The zero-order chi connectivity index (χ0) is 12.8. The monoisotopic (exact) mass is 268 g/mol. The van der Waals surface area contributed by atoms with Crippen molar-refractivity contribution in [3.8, 4) is 6.07 Å². The SMILES string of the molecule is CC(C#N)(CCCSCC1CCCO1)NC1CC1. The quantitative estimate of drug-likeness (QED) is 0.688. The zero-order valence-electron chi connectivity index (χ0n) is 11.3. The first-order chi connectivity index (χ1) is 8.72. The fourth-order valence-electron chi connectivity index (χ4n) is 2.36. The fraction of sp³-hybridized carbons (Fsp3) is 0.929. The van der Waals surface area contributed by atoms with Gasteiger partial charge in [-0.3, -0.25) is 5.32 Å². The second kappa shape index (κ2) is 6.79. The molecule has 102 valence electrons. The van der Waals surface area contributed by atoms with Crippen LogP contribution >= 0.6 is 11.8 Å². The van der Waals surface area contributed by atoms with Gasteiger partial charge in [-0.05, 0) is 51.2 Å². The Morgan fingerprint density at radius 1 is 1.44 bits per heavy atom. The van der Waals surface area contributed by atoms with E-state index in [-0.39, 0.29) is 5.54 Å². The molecule has 4 heteroatoms. The van der Waals surface area contributed by atoms with Gasteiger partial charge < -0.3 is 4.74 Å². The molecule has 0 aromatic rings. The van der Waals surface area contributed by atoms with Crippen LogP contribution < -0.4 is 5.32 Å². The Balaban J connectivity index is 1.54. The first-order valence-electron chi connectivity index (χ1n) is 7.10. The topological polar surface area (TPSA) is 45.0 Å². The summed E-state index contributed by atoms with van der Waals surface area (Å²) in [5, 5.41) is 12.7. The molecule has 2 unspecified atom stereocenters. The van der Waals surface area contributed by atoms with Gasteiger partial charge in [0.2, 0.25) is 0 Å². The molecule has 2 rings (SSSR count). The van der Waals surface area contributed by atoms with Crippen LogP contribution in [0.2, 0.25) is 0 Å². The molecule has 1 saturated carbocycles. The van der Waals surface area contributed by atoms with Gasteiger partial charge in [0.05, 0.1) is 12.2 Å². The standard InChI is InChI=1S/C14H24N2OS/c1-14(11-15,16-12-5-6-12)7-3-9-18-10-13-4-2-8-17-13/h12-13,16H,2-10H2,1H3. The van der Waals surface area contributed by atoms with Crippen molar-refractivity contribution < 1.29 is 4.74 Å². The molecule has 0 bridgehead atoms. The highest BCUT2D eigenvalue weighted by Crippen LogP contribution is 2.25. The summed E-state index contributed by atoms with van der Waals surface area (Å²) in [5.74, 6) is 2.27. The lowest BCUT2D eigenvalue weighted by Crippen LogP contribution is -2.42. The molecule has 0 spiro atoms. The summed E-state index contributed by atoms with van der Waals surface area (Å²) in [5.41, 5.74) is -0.314. The van der Waals surface area contributed by atoms with E-state index in [1.54, 1.807) is 0 Å². The Labute approximate surface area is 115 Å². The normalized spacial score (nSPS) is 26.8. The van der Waals surface area contributed by atoms with E-state index in [1.807, 2.05) is 18.7 Å². The summed E-state index contributed by atoms with van der Waals surface area (Å²) >= 11 is 1.97. The molecule has 0 radical (unpaired) electrons. The maximum absolute atomic E-state index is 9.25. The van der Waals surface area contributed by atoms with Crippen LogP contribution in [0.25, 0.3) is 0 Å². The number of hydrogen-bond acceptors (Lipinski definition) is 4. The lowest BCUT2D eigenvalue weighted by molar-refractivity contribution is 0.129. The Hall–Kier alpha value is -0.240. The highest BCUT2D eigenvalue weighted by Gasteiger charge is 2.31. The van der Waals surface area contributed by atoms with Crippen molar-refractivity contribution in [2.24, 2.45) is 0 Å². The third-order valence-electron chi connectivity index (χ3n) is 3.64. The van der Waals surface area contributed by atoms with Gasteiger partial charge in [-0.25, -0.2) is 0 Å². The van der Waals surface area contributed by atoms with E-state index in [4.69, 9.17) is 4.74 Å². The predicted octanol–water partition coefficient (Wildman–Crippen LogP) is 2.71. The minimum absolute atomic E-state index is 0.314. The molecule has 1 saturated heterocycles. The van der Waals surface area contributed by atoms with Crippen molar-refractivity contribution in [3.63, 3.8) is 0 Å². The van der Waals surface area contributed by atoms with Gasteiger partial charge in [0.15, 0.2) is 0 Å². The van der Waals surface area contributed by atoms with Crippen molar-refractivity contribution in [1.29, 1.82) is 5.26 Å². The van der Waals surface area contributed by atoms with Crippen molar-refractivity contribution in [2.75, 3.05) is 18.1 Å². The van der Waals surface area contributed by atoms with Gasteiger partial charge in [0, 0.05) is 18.4 Å². The van der Waals surface area contributed by atoms with Crippen molar-refractivity contribution in [2.45, 2.75) is 63.1 Å². The number of rotatable bonds is 8. The fourth-order valence-corrected chi connectivity index (χ4v) is 3.40. The number of ether oxygens (including phenoxy) is 1. The highest BCUT2D eigenvalue weighted by atomic mass is 32.2. The van der Waals surface area contributed by atoms with Crippen LogP contribution in [0, 0.1) is 11.3 Å². The molecule has 2 atom stereocenters. The second-order valence-corrected chi connectivity index (χ2v) is 6.83. The third-order valence-corrected chi connectivity index (χ3v) is 4.82.